The first-order valence-electron chi connectivity index (χ1n) is 10.9. The first kappa shape index (κ1) is 24.9. The lowest BCUT2D eigenvalue weighted by Crippen LogP contribution is -2.50. The van der Waals surface area contributed by atoms with Gasteiger partial charge in [-0.2, -0.15) is 4.31 Å². The maximum atomic E-state index is 13.5. The summed E-state index contributed by atoms with van der Waals surface area (Å²) in [6.45, 7) is 5.54. The van der Waals surface area contributed by atoms with Crippen molar-refractivity contribution in [1.82, 2.24) is 14.2 Å². The van der Waals surface area contributed by atoms with E-state index in [1.165, 1.54) is 16.6 Å². The molecule has 8 nitrogen and oxygen atoms in total. The highest BCUT2D eigenvalue weighted by Crippen LogP contribution is 2.34. The van der Waals surface area contributed by atoms with Gasteiger partial charge < -0.3 is 14.7 Å². The zero-order valence-corrected chi connectivity index (χ0v) is 20.2. The molecule has 0 saturated carbocycles. The van der Waals surface area contributed by atoms with Crippen molar-refractivity contribution in [2.75, 3.05) is 26.7 Å². The second kappa shape index (κ2) is 10.5. The van der Waals surface area contributed by atoms with Gasteiger partial charge in [-0.05, 0) is 43.7 Å². The van der Waals surface area contributed by atoms with Crippen LogP contribution in [0.4, 0.5) is 0 Å². The van der Waals surface area contributed by atoms with Crippen LogP contribution in [0.5, 0.6) is 5.75 Å². The molecule has 0 unspecified atom stereocenters. The molecule has 0 saturated heterocycles. The van der Waals surface area contributed by atoms with Gasteiger partial charge in [-0.1, -0.05) is 25.1 Å². The molecule has 0 fully saturated rings. The average molecular weight is 474 g/mol. The van der Waals surface area contributed by atoms with Crippen LogP contribution in [0.25, 0.3) is 6.08 Å². The van der Waals surface area contributed by atoms with Gasteiger partial charge in [0.1, 0.15) is 16.7 Å². The summed E-state index contributed by atoms with van der Waals surface area (Å²) < 4.78 is 34.5. The van der Waals surface area contributed by atoms with Crippen LogP contribution < -0.4 is 4.74 Å². The Labute approximate surface area is 195 Å². The highest BCUT2D eigenvalue weighted by atomic mass is 32.2. The van der Waals surface area contributed by atoms with Gasteiger partial charge in [-0.3, -0.25) is 9.78 Å². The summed E-state index contributed by atoms with van der Waals surface area (Å²) in [5.41, 5.74) is 1.27. The summed E-state index contributed by atoms with van der Waals surface area (Å²) in [7, 11) is -2.21. The number of aromatic nitrogens is 1. The number of sulfonamides is 1. The monoisotopic (exact) mass is 473 g/mol. The van der Waals surface area contributed by atoms with Crippen molar-refractivity contribution in [2.45, 2.75) is 37.8 Å². The molecular formula is C24H31N3O5S. The summed E-state index contributed by atoms with van der Waals surface area (Å²) >= 11 is 0. The number of aliphatic hydroxyl groups excluding tert-OH is 1. The molecule has 1 aliphatic heterocycles. The molecule has 0 spiro atoms. The zero-order valence-electron chi connectivity index (χ0n) is 19.4. The first-order valence-corrected chi connectivity index (χ1v) is 12.3. The van der Waals surface area contributed by atoms with Crippen LogP contribution in [0.15, 0.2) is 53.7 Å². The quantitative estimate of drug-likeness (QED) is 0.692. The van der Waals surface area contributed by atoms with E-state index in [-0.39, 0.29) is 42.2 Å². The third kappa shape index (κ3) is 5.43. The van der Waals surface area contributed by atoms with Crippen LogP contribution >= 0.6 is 0 Å². The number of nitrogens with zero attached hydrogens (tertiary/aromatic N) is 3. The van der Waals surface area contributed by atoms with Gasteiger partial charge in [-0.25, -0.2) is 8.42 Å². The van der Waals surface area contributed by atoms with Gasteiger partial charge in [0.05, 0.1) is 18.7 Å². The highest BCUT2D eigenvalue weighted by molar-refractivity contribution is 7.89. The molecule has 1 aromatic carbocycles. The molecule has 3 rings (SSSR count). The topological polar surface area (TPSA) is 100 Å². The summed E-state index contributed by atoms with van der Waals surface area (Å²) in [6, 6.07) is 7.75. The number of hydrogen-bond acceptors (Lipinski definition) is 6. The number of carbonyl (C=O) groups excluding carboxylic acids is 1. The lowest BCUT2D eigenvalue weighted by molar-refractivity contribution is 0.0563. The molecular weight excluding hydrogens is 442 g/mol. The Hall–Kier alpha value is -2.75. The van der Waals surface area contributed by atoms with E-state index in [1.807, 2.05) is 26.0 Å². The van der Waals surface area contributed by atoms with E-state index in [9.17, 15) is 18.3 Å². The van der Waals surface area contributed by atoms with E-state index in [4.69, 9.17) is 4.74 Å². The average Bonchev–Trinajstić information content (AvgIpc) is 2.81. The number of rotatable bonds is 6. The van der Waals surface area contributed by atoms with E-state index in [2.05, 4.69) is 4.98 Å². The number of pyridine rings is 1. The number of hydrogen-bond donors (Lipinski definition) is 1. The summed E-state index contributed by atoms with van der Waals surface area (Å²) in [5, 5.41) is 9.73. The van der Waals surface area contributed by atoms with Crippen LogP contribution in [-0.2, 0) is 10.0 Å². The summed E-state index contributed by atoms with van der Waals surface area (Å²) in [5.74, 6) is -0.215. The van der Waals surface area contributed by atoms with E-state index >= 15 is 0 Å². The van der Waals surface area contributed by atoms with E-state index < -0.39 is 22.2 Å². The lowest BCUT2D eigenvalue weighted by Gasteiger charge is -2.37. The van der Waals surface area contributed by atoms with Crippen molar-refractivity contribution >= 4 is 22.0 Å². The minimum atomic E-state index is -3.89. The van der Waals surface area contributed by atoms with Crippen molar-refractivity contribution in [3.8, 4) is 5.75 Å². The fourth-order valence-corrected chi connectivity index (χ4v) is 5.64. The van der Waals surface area contributed by atoms with Crippen molar-refractivity contribution in [3.63, 3.8) is 0 Å². The molecule has 1 aromatic heterocycles. The highest BCUT2D eigenvalue weighted by Gasteiger charge is 2.38. The number of ether oxygens (including phenoxy) is 1. The van der Waals surface area contributed by atoms with Gasteiger partial charge in [-0.15, -0.1) is 0 Å². The second-order valence-electron chi connectivity index (χ2n) is 8.37. The Morgan fingerprint density at radius 1 is 1.39 bits per heavy atom. The van der Waals surface area contributed by atoms with Crippen LogP contribution in [0.1, 0.15) is 36.7 Å². The molecule has 1 amide bonds. The van der Waals surface area contributed by atoms with Gasteiger partial charge in [0.2, 0.25) is 10.0 Å². The maximum Gasteiger partial charge on any atom is 0.255 e. The molecule has 2 heterocycles. The van der Waals surface area contributed by atoms with Gasteiger partial charge >= 0.3 is 0 Å². The molecule has 3 atom stereocenters. The molecule has 0 bridgehead atoms. The zero-order chi connectivity index (χ0) is 24.2. The van der Waals surface area contributed by atoms with Crippen LogP contribution in [0.3, 0.4) is 0 Å². The minimum absolute atomic E-state index is 0.0502. The predicted octanol–water partition coefficient (Wildman–Crippen LogP) is 2.66. The fraction of sp³-hybridized carbons (Fsp3) is 0.417. The van der Waals surface area contributed by atoms with E-state index in [0.717, 1.165) is 5.56 Å². The number of amides is 1. The predicted molar refractivity (Wildman–Crippen MR) is 126 cm³/mol. The Morgan fingerprint density at radius 2 is 2.15 bits per heavy atom. The smallest absolute Gasteiger partial charge is 0.255 e. The lowest BCUT2D eigenvalue weighted by atomic mass is 10.0. The SMILES string of the molecule is C/C=C/c1ccc2c(c1)O[C@H](CN(C)C(=O)c1cccnc1)[C@@H](C)CN([C@@H](C)CO)S2(=O)=O. The molecule has 2 aromatic rings. The maximum absolute atomic E-state index is 13.5. The van der Waals surface area contributed by atoms with Gasteiger partial charge in [0, 0.05) is 37.9 Å². The Morgan fingerprint density at radius 3 is 2.79 bits per heavy atom. The number of carbonyl (C=O) groups is 1. The van der Waals surface area contributed by atoms with Crippen molar-refractivity contribution in [1.29, 1.82) is 0 Å². The first-order chi connectivity index (χ1) is 15.7. The second-order valence-corrected chi connectivity index (χ2v) is 10.2. The van der Waals surface area contributed by atoms with Crippen LogP contribution in [0, 0.1) is 5.92 Å². The van der Waals surface area contributed by atoms with Crippen molar-refractivity contribution < 1.29 is 23.1 Å². The van der Waals surface area contributed by atoms with Crippen molar-refractivity contribution in [2.24, 2.45) is 5.92 Å². The summed E-state index contributed by atoms with van der Waals surface area (Å²) in [6.07, 6.45) is 6.36. The number of fused-ring (bicyclic) bond motifs is 1. The number of benzene rings is 1. The number of aliphatic hydroxyl groups is 1. The van der Waals surface area contributed by atoms with Gasteiger partial charge in [0.15, 0.2) is 0 Å². The van der Waals surface area contributed by atoms with Crippen molar-refractivity contribution in [3.05, 3.63) is 59.9 Å². The Bertz CT molecular complexity index is 1100. The van der Waals surface area contributed by atoms with E-state index in [0.29, 0.717) is 5.56 Å². The molecule has 1 N–H and O–H groups in total. The Kier molecular flexibility index (Phi) is 7.88. The number of allylic oxidation sites excluding steroid dienone is 1. The summed E-state index contributed by atoms with van der Waals surface area (Å²) in [4.78, 5) is 18.5. The molecule has 0 radical (unpaired) electrons. The standard InChI is InChI=1S/C24H31N3O5S/c1-5-7-19-9-10-23-21(12-19)32-22(15-26(4)24(29)20-8-6-11-25-13-20)17(2)14-27(18(3)16-28)33(23,30)31/h5-13,17-18,22,28H,14-16H2,1-4H3/b7-5+/t17-,18-,22+/m0/s1. The van der Waals surface area contributed by atoms with Gasteiger partial charge in [0.25, 0.3) is 5.91 Å². The molecule has 1 aliphatic rings. The Balaban J connectivity index is 2.01. The minimum Gasteiger partial charge on any atom is -0.487 e. The van der Waals surface area contributed by atoms with Crippen LogP contribution in [-0.4, -0.2) is 72.5 Å². The third-order valence-electron chi connectivity index (χ3n) is 5.76. The fourth-order valence-electron chi connectivity index (χ4n) is 3.82. The number of likely N-dealkylation sites (N-methyl/N-ethyl adjacent to an activating group) is 1. The molecule has 9 heteroatoms. The van der Waals surface area contributed by atoms with Crippen LogP contribution in [0.2, 0.25) is 0 Å². The largest absolute Gasteiger partial charge is 0.487 e. The van der Waals surface area contributed by atoms with E-state index in [1.54, 1.807) is 49.3 Å². The molecule has 33 heavy (non-hydrogen) atoms. The third-order valence-corrected chi connectivity index (χ3v) is 7.78. The molecule has 0 aliphatic carbocycles. The normalized spacial score (nSPS) is 21.5. The molecule has 178 valence electrons.